The Balaban J connectivity index is 3.03. The van der Waals surface area contributed by atoms with Crippen LogP contribution in [0.15, 0.2) is 6.20 Å². The Kier molecular flexibility index (Phi) is 2.44. The van der Waals surface area contributed by atoms with Crippen molar-refractivity contribution in [2.24, 2.45) is 5.73 Å². The summed E-state index contributed by atoms with van der Waals surface area (Å²) in [6.07, 6.45) is 1.41. The monoisotopic (exact) mass is 169 g/mol. The van der Waals surface area contributed by atoms with Crippen molar-refractivity contribution in [2.75, 3.05) is 6.61 Å². The highest BCUT2D eigenvalue weighted by atomic mass is 16.3. The van der Waals surface area contributed by atoms with Crippen LogP contribution in [0.25, 0.3) is 0 Å². The van der Waals surface area contributed by atoms with Crippen LogP contribution in [0.3, 0.4) is 0 Å². The topological polar surface area (TPSA) is 81.1 Å². The first-order valence-electron chi connectivity index (χ1n) is 3.59. The van der Waals surface area contributed by atoms with E-state index in [1.807, 2.05) is 0 Å². The molecule has 3 N–H and O–H groups in total. The third-order valence-electron chi connectivity index (χ3n) is 1.63. The summed E-state index contributed by atoms with van der Waals surface area (Å²) in [7, 11) is 0. The van der Waals surface area contributed by atoms with E-state index in [1.165, 1.54) is 6.20 Å². The van der Waals surface area contributed by atoms with Crippen LogP contribution in [-0.2, 0) is 6.54 Å². The molecule has 0 bridgehead atoms. The Labute approximate surface area is 69.8 Å². The Morgan fingerprint density at radius 3 is 3.00 bits per heavy atom. The second-order valence-electron chi connectivity index (χ2n) is 2.43. The minimum Gasteiger partial charge on any atom is -0.395 e. The van der Waals surface area contributed by atoms with Crippen molar-refractivity contribution in [1.29, 1.82) is 0 Å². The van der Waals surface area contributed by atoms with E-state index in [1.54, 1.807) is 11.5 Å². The van der Waals surface area contributed by atoms with Crippen molar-refractivity contribution in [3.63, 3.8) is 0 Å². The van der Waals surface area contributed by atoms with Crippen LogP contribution in [0.2, 0.25) is 0 Å². The van der Waals surface area contributed by atoms with Gasteiger partial charge in [-0.05, 0) is 6.92 Å². The summed E-state index contributed by atoms with van der Waals surface area (Å²) in [6, 6.07) is 0. The molecule has 1 amide bonds. The number of primary amides is 1. The van der Waals surface area contributed by atoms with Crippen LogP contribution < -0.4 is 5.73 Å². The fraction of sp³-hybridized carbons (Fsp3) is 0.429. The number of hydrogen-bond donors (Lipinski definition) is 2. The smallest absolute Gasteiger partial charge is 0.266 e. The quantitative estimate of drug-likeness (QED) is 0.626. The third-order valence-corrected chi connectivity index (χ3v) is 1.63. The first kappa shape index (κ1) is 8.73. The number of aliphatic hydroxyl groups is 1. The predicted molar refractivity (Wildman–Crippen MR) is 42.6 cm³/mol. The Hall–Kier alpha value is -1.36. The van der Waals surface area contributed by atoms with E-state index >= 15 is 0 Å². The van der Waals surface area contributed by atoms with Gasteiger partial charge in [-0.2, -0.15) is 0 Å². The lowest BCUT2D eigenvalue weighted by atomic mass is 10.4. The van der Waals surface area contributed by atoms with Crippen LogP contribution in [-0.4, -0.2) is 27.2 Å². The fourth-order valence-electron chi connectivity index (χ4n) is 1.05. The van der Waals surface area contributed by atoms with Gasteiger partial charge in [0, 0.05) is 6.54 Å². The van der Waals surface area contributed by atoms with Gasteiger partial charge in [-0.1, -0.05) is 0 Å². The van der Waals surface area contributed by atoms with Crippen molar-refractivity contribution in [2.45, 2.75) is 13.5 Å². The Morgan fingerprint density at radius 1 is 1.83 bits per heavy atom. The molecule has 0 unspecified atom stereocenters. The van der Waals surface area contributed by atoms with Crippen molar-refractivity contribution >= 4 is 5.91 Å². The van der Waals surface area contributed by atoms with Crippen LogP contribution in [0, 0.1) is 6.92 Å². The van der Waals surface area contributed by atoms with Gasteiger partial charge in [-0.3, -0.25) is 4.79 Å². The second-order valence-corrected chi connectivity index (χ2v) is 2.43. The van der Waals surface area contributed by atoms with Gasteiger partial charge >= 0.3 is 0 Å². The SMILES string of the molecule is Cc1ncc(C(N)=O)n1CCO. The number of carbonyl (C=O) groups is 1. The van der Waals surface area contributed by atoms with Crippen LogP contribution in [0.5, 0.6) is 0 Å². The molecule has 5 heteroatoms. The predicted octanol–water partition coefficient (Wildman–Crippen LogP) is -0.717. The summed E-state index contributed by atoms with van der Waals surface area (Å²) < 4.78 is 1.59. The first-order chi connectivity index (χ1) is 5.66. The highest BCUT2D eigenvalue weighted by Gasteiger charge is 2.09. The fourth-order valence-corrected chi connectivity index (χ4v) is 1.05. The van der Waals surface area contributed by atoms with Gasteiger partial charge in [0.15, 0.2) is 0 Å². The molecule has 1 aromatic heterocycles. The minimum absolute atomic E-state index is 0.0303. The highest BCUT2D eigenvalue weighted by molar-refractivity contribution is 5.90. The van der Waals surface area contributed by atoms with E-state index < -0.39 is 5.91 Å². The number of aryl methyl sites for hydroxylation is 1. The minimum atomic E-state index is -0.524. The molecule has 5 nitrogen and oxygen atoms in total. The highest BCUT2D eigenvalue weighted by Crippen LogP contribution is 2.02. The maximum Gasteiger partial charge on any atom is 0.266 e. The van der Waals surface area contributed by atoms with Gasteiger partial charge in [0.2, 0.25) is 0 Å². The van der Waals surface area contributed by atoms with Gasteiger partial charge in [0.25, 0.3) is 5.91 Å². The van der Waals surface area contributed by atoms with Crippen molar-refractivity contribution in [3.05, 3.63) is 17.7 Å². The second kappa shape index (κ2) is 3.36. The standard InChI is InChI=1S/C7H11N3O2/c1-5-9-4-6(7(8)12)10(5)2-3-11/h4,11H,2-3H2,1H3,(H2,8,12). The van der Waals surface area contributed by atoms with Gasteiger partial charge < -0.3 is 15.4 Å². The number of carbonyl (C=O) groups excluding carboxylic acids is 1. The van der Waals surface area contributed by atoms with Crippen LogP contribution in [0.1, 0.15) is 16.3 Å². The van der Waals surface area contributed by atoms with E-state index in [0.717, 1.165) is 0 Å². The van der Waals surface area contributed by atoms with Crippen molar-refractivity contribution < 1.29 is 9.90 Å². The molecule has 12 heavy (non-hydrogen) atoms. The summed E-state index contributed by atoms with van der Waals surface area (Å²) in [4.78, 5) is 14.7. The average Bonchev–Trinajstić information content (AvgIpc) is 2.34. The maximum atomic E-state index is 10.8. The van der Waals surface area contributed by atoms with E-state index in [-0.39, 0.29) is 6.61 Å². The largest absolute Gasteiger partial charge is 0.395 e. The average molecular weight is 169 g/mol. The zero-order valence-corrected chi connectivity index (χ0v) is 6.82. The van der Waals surface area contributed by atoms with Crippen LogP contribution in [0.4, 0.5) is 0 Å². The van der Waals surface area contributed by atoms with Crippen molar-refractivity contribution in [1.82, 2.24) is 9.55 Å². The third kappa shape index (κ3) is 1.45. The number of nitrogens with zero attached hydrogens (tertiary/aromatic N) is 2. The first-order valence-corrected chi connectivity index (χ1v) is 3.59. The lowest BCUT2D eigenvalue weighted by Gasteiger charge is -2.04. The summed E-state index contributed by atoms with van der Waals surface area (Å²) in [5, 5.41) is 8.67. The number of imidazole rings is 1. The molecule has 0 radical (unpaired) electrons. The van der Waals surface area contributed by atoms with E-state index in [9.17, 15) is 4.79 Å². The molecule has 1 rings (SSSR count). The lowest BCUT2D eigenvalue weighted by molar-refractivity contribution is 0.0990. The molecule has 0 aromatic carbocycles. The summed E-state index contributed by atoms with van der Waals surface area (Å²) >= 11 is 0. The van der Waals surface area contributed by atoms with Gasteiger partial charge in [0.05, 0.1) is 12.8 Å². The molecule has 0 saturated heterocycles. The van der Waals surface area contributed by atoms with E-state index in [0.29, 0.717) is 18.1 Å². The molecule has 0 aliphatic carbocycles. The molecule has 1 heterocycles. The normalized spacial score (nSPS) is 10.2. The zero-order chi connectivity index (χ0) is 9.14. The summed E-state index contributed by atoms with van der Waals surface area (Å²) in [5.41, 5.74) is 5.41. The van der Waals surface area contributed by atoms with Crippen LogP contribution >= 0.6 is 0 Å². The van der Waals surface area contributed by atoms with Crippen molar-refractivity contribution in [3.8, 4) is 0 Å². The lowest BCUT2D eigenvalue weighted by Crippen LogP contribution is -2.18. The molecule has 0 spiro atoms. The molecule has 0 aliphatic heterocycles. The number of aromatic nitrogens is 2. The number of nitrogens with two attached hydrogens (primary N) is 1. The summed E-state index contributed by atoms with van der Waals surface area (Å²) in [5.74, 6) is 0.155. The molecular formula is C7H11N3O2. The number of rotatable bonds is 3. The molecule has 0 aliphatic rings. The molecule has 0 atom stereocenters. The molecular weight excluding hydrogens is 158 g/mol. The number of amides is 1. The number of aliphatic hydroxyl groups excluding tert-OH is 1. The van der Waals surface area contributed by atoms with E-state index in [4.69, 9.17) is 10.8 Å². The Morgan fingerprint density at radius 2 is 2.50 bits per heavy atom. The van der Waals surface area contributed by atoms with Gasteiger partial charge in [-0.15, -0.1) is 0 Å². The Bertz CT molecular complexity index is 293. The summed E-state index contributed by atoms with van der Waals surface area (Å²) in [6.45, 7) is 2.07. The van der Waals surface area contributed by atoms with E-state index in [2.05, 4.69) is 4.98 Å². The van der Waals surface area contributed by atoms with Gasteiger partial charge in [-0.25, -0.2) is 4.98 Å². The molecule has 0 fully saturated rings. The molecule has 0 saturated carbocycles. The zero-order valence-electron chi connectivity index (χ0n) is 6.82. The molecule has 66 valence electrons. The molecule has 1 aromatic rings. The van der Waals surface area contributed by atoms with Gasteiger partial charge in [0.1, 0.15) is 11.5 Å². The maximum absolute atomic E-state index is 10.8. The number of hydrogen-bond acceptors (Lipinski definition) is 3.